The number of methoxy groups -OCH3 is 1. The van der Waals surface area contributed by atoms with E-state index in [1.807, 2.05) is 0 Å². The summed E-state index contributed by atoms with van der Waals surface area (Å²) in [5, 5.41) is 34.9. The molecule has 5 heterocycles. The highest BCUT2D eigenvalue weighted by Gasteiger charge is 2.23. The predicted octanol–water partition coefficient (Wildman–Crippen LogP) is 3.88. The van der Waals surface area contributed by atoms with Crippen molar-refractivity contribution < 1.29 is 14.3 Å². The summed E-state index contributed by atoms with van der Waals surface area (Å²) in [5.41, 5.74) is 20.7. The average Bonchev–Trinajstić information content (AvgIpc) is 3.83. The normalized spacial score (nSPS) is 11.7. The first kappa shape index (κ1) is 34.0. The highest BCUT2D eigenvalue weighted by atomic mass is 16.5. The highest BCUT2D eigenvalue weighted by molar-refractivity contribution is 5.96. The molecule has 0 radical (unpaired) electrons. The number of primary amides is 1. The van der Waals surface area contributed by atoms with Crippen LogP contribution in [0.25, 0.3) is 11.6 Å². The first-order chi connectivity index (χ1) is 23.6. The molecular formula is C29H37N17O3. The van der Waals surface area contributed by atoms with Crippen molar-refractivity contribution in [3.05, 3.63) is 47.3 Å². The molecule has 5 aromatic rings. The number of azo groups is 2. The Morgan fingerprint density at radius 3 is 1.69 bits per heavy atom. The fraction of sp³-hybridized carbons (Fsp3) is 0.379. The Hall–Kier alpha value is -6.34. The Balaban J connectivity index is 1.55. The number of anilines is 2. The fourth-order valence-electron chi connectivity index (χ4n) is 4.82. The molecule has 6 N–H and O–H groups in total. The maximum Gasteiger partial charge on any atom is 0.343 e. The monoisotopic (exact) mass is 671 g/mol. The Morgan fingerprint density at radius 1 is 0.776 bits per heavy atom. The van der Waals surface area contributed by atoms with Gasteiger partial charge in [-0.05, 0) is 25.7 Å². The minimum atomic E-state index is -0.686. The van der Waals surface area contributed by atoms with Gasteiger partial charge >= 0.3 is 5.97 Å². The zero-order valence-corrected chi connectivity index (χ0v) is 27.8. The average molecular weight is 672 g/mol. The van der Waals surface area contributed by atoms with E-state index in [2.05, 4.69) is 54.5 Å². The molecule has 0 atom stereocenters. The van der Waals surface area contributed by atoms with Crippen molar-refractivity contribution in [3.8, 4) is 11.6 Å². The number of hydrogen-bond acceptors (Lipinski definition) is 15. The van der Waals surface area contributed by atoms with Crippen LogP contribution in [0.5, 0.6) is 0 Å². The lowest BCUT2D eigenvalue weighted by Crippen LogP contribution is -2.10. The molecule has 0 aliphatic carbocycles. The molecule has 0 aliphatic rings. The smallest absolute Gasteiger partial charge is 0.343 e. The van der Waals surface area contributed by atoms with E-state index >= 15 is 0 Å². The number of hydrogen-bond donors (Lipinski definition) is 3. The maximum absolute atomic E-state index is 12.2. The van der Waals surface area contributed by atoms with Gasteiger partial charge in [0.15, 0.2) is 46.3 Å². The topological polar surface area (TPSA) is 268 Å². The number of carbonyl (C=O) groups excluding carboxylic acids is 2. The molecule has 20 nitrogen and oxygen atoms in total. The Bertz CT molecular complexity index is 2050. The van der Waals surface area contributed by atoms with E-state index in [1.54, 1.807) is 20.2 Å². The number of esters is 1. The second-order valence-corrected chi connectivity index (χ2v) is 10.9. The van der Waals surface area contributed by atoms with E-state index in [9.17, 15) is 9.59 Å². The van der Waals surface area contributed by atoms with Crippen molar-refractivity contribution >= 4 is 46.5 Å². The van der Waals surface area contributed by atoms with Crippen LogP contribution in [0, 0.1) is 0 Å². The number of nitrogens with zero attached hydrogens (tertiary/aromatic N) is 14. The Kier molecular flexibility index (Phi) is 10.1. The van der Waals surface area contributed by atoms with Crippen molar-refractivity contribution in [2.45, 2.75) is 52.4 Å². The molecule has 256 valence electrons. The van der Waals surface area contributed by atoms with Crippen LogP contribution < -0.4 is 17.2 Å². The molecule has 0 aromatic carbocycles. The summed E-state index contributed by atoms with van der Waals surface area (Å²) in [5.74, 6) is 0.0291. The molecule has 0 saturated carbocycles. The van der Waals surface area contributed by atoms with Crippen LogP contribution in [0.4, 0.5) is 34.6 Å². The van der Waals surface area contributed by atoms with Crippen molar-refractivity contribution in [2.75, 3.05) is 18.6 Å². The molecule has 5 rings (SSSR count). The fourth-order valence-corrected chi connectivity index (χ4v) is 4.82. The van der Waals surface area contributed by atoms with Crippen LogP contribution >= 0.6 is 0 Å². The van der Waals surface area contributed by atoms with Crippen molar-refractivity contribution in [1.82, 2.24) is 49.1 Å². The molecule has 0 spiro atoms. The summed E-state index contributed by atoms with van der Waals surface area (Å²) in [7, 11) is 4.52. The van der Waals surface area contributed by atoms with Crippen LogP contribution in [0.1, 0.15) is 71.6 Å². The maximum atomic E-state index is 12.2. The van der Waals surface area contributed by atoms with Gasteiger partial charge in [-0.25, -0.2) is 24.1 Å². The minimum Gasteiger partial charge on any atom is -0.465 e. The molecular weight excluding hydrogens is 634 g/mol. The Morgan fingerprint density at radius 2 is 1.24 bits per heavy atom. The highest BCUT2D eigenvalue weighted by Crippen LogP contribution is 2.35. The van der Waals surface area contributed by atoms with Gasteiger partial charge in [0.25, 0.3) is 5.91 Å². The first-order valence-electron chi connectivity index (χ1n) is 15.4. The second-order valence-electron chi connectivity index (χ2n) is 10.9. The number of unbranched alkanes of at least 4 members (excludes halogenated alkanes) is 2. The van der Waals surface area contributed by atoms with Crippen LogP contribution in [-0.2, 0) is 31.7 Å². The van der Waals surface area contributed by atoms with E-state index < -0.39 is 11.9 Å². The van der Waals surface area contributed by atoms with Crippen molar-refractivity contribution in [1.29, 1.82) is 0 Å². The number of nitrogens with two attached hydrogens (primary N) is 3. The lowest BCUT2D eigenvalue weighted by molar-refractivity contribution is 0.0601. The number of ether oxygens (including phenoxy) is 1. The number of nitrogen functional groups attached to an aromatic ring is 2. The van der Waals surface area contributed by atoms with E-state index in [4.69, 9.17) is 32.1 Å². The molecule has 1 amide bonds. The van der Waals surface area contributed by atoms with Gasteiger partial charge in [0.2, 0.25) is 0 Å². The number of aromatic nitrogens is 10. The van der Waals surface area contributed by atoms with Crippen molar-refractivity contribution in [2.24, 2.45) is 40.3 Å². The van der Waals surface area contributed by atoms with Gasteiger partial charge in [0, 0.05) is 20.2 Å². The molecule has 5 aromatic heterocycles. The summed E-state index contributed by atoms with van der Waals surface area (Å²) in [6.07, 6.45) is 8.56. The van der Waals surface area contributed by atoms with Gasteiger partial charge in [-0.3, -0.25) is 4.79 Å². The molecule has 20 heteroatoms. The lowest BCUT2D eigenvalue weighted by atomic mass is 10.2. The van der Waals surface area contributed by atoms with Gasteiger partial charge in [-0.1, -0.05) is 26.7 Å². The van der Waals surface area contributed by atoms with Crippen LogP contribution in [0.2, 0.25) is 0 Å². The SMILES string of the molecule is CCCCc1nn(-c2cc(-n3nc(CCCC)c(/N=N/c4c(C(=O)OC)cnn4C)c3N)ncn2)c(N)c1/N=N/c1c(C(N)=O)cnn1C. The van der Waals surface area contributed by atoms with Gasteiger partial charge in [-0.15, -0.1) is 20.5 Å². The van der Waals surface area contributed by atoms with E-state index in [0.717, 1.165) is 25.7 Å². The number of aryl methyl sites for hydroxylation is 4. The summed E-state index contributed by atoms with van der Waals surface area (Å²) in [4.78, 5) is 32.9. The Labute approximate surface area is 280 Å². The summed E-state index contributed by atoms with van der Waals surface area (Å²) < 4.78 is 10.5. The van der Waals surface area contributed by atoms with Gasteiger partial charge in [-0.2, -0.15) is 29.8 Å². The largest absolute Gasteiger partial charge is 0.465 e. The van der Waals surface area contributed by atoms with Gasteiger partial charge in [0.05, 0.1) is 30.9 Å². The van der Waals surface area contributed by atoms with Crippen LogP contribution in [-0.4, -0.2) is 68.1 Å². The van der Waals surface area contributed by atoms with E-state index in [0.29, 0.717) is 47.2 Å². The first-order valence-corrected chi connectivity index (χ1v) is 15.4. The molecule has 49 heavy (non-hydrogen) atoms. The van der Waals surface area contributed by atoms with Crippen molar-refractivity contribution in [3.63, 3.8) is 0 Å². The summed E-state index contributed by atoms with van der Waals surface area (Å²) >= 11 is 0. The third-order valence-corrected chi connectivity index (χ3v) is 7.51. The lowest BCUT2D eigenvalue weighted by Gasteiger charge is -2.06. The quantitative estimate of drug-likeness (QED) is 0.113. The molecule has 0 bridgehead atoms. The summed E-state index contributed by atoms with van der Waals surface area (Å²) in [6, 6.07) is 1.62. The van der Waals surface area contributed by atoms with Crippen LogP contribution in [0.15, 0.2) is 45.2 Å². The van der Waals surface area contributed by atoms with E-state index in [-0.39, 0.29) is 34.4 Å². The zero-order valence-electron chi connectivity index (χ0n) is 27.8. The molecule has 0 saturated heterocycles. The molecule has 0 aliphatic heterocycles. The number of amides is 1. The second kappa shape index (κ2) is 14.6. The zero-order chi connectivity index (χ0) is 35.2. The molecule has 0 fully saturated rings. The van der Waals surface area contributed by atoms with Gasteiger partial charge in [0.1, 0.15) is 17.5 Å². The third-order valence-electron chi connectivity index (χ3n) is 7.51. The number of rotatable bonds is 14. The summed E-state index contributed by atoms with van der Waals surface area (Å²) in [6.45, 7) is 4.11. The van der Waals surface area contributed by atoms with E-state index in [1.165, 1.54) is 44.6 Å². The minimum absolute atomic E-state index is 0.117. The third kappa shape index (κ3) is 6.87. The van der Waals surface area contributed by atoms with Gasteiger partial charge < -0.3 is 21.9 Å². The molecule has 0 unspecified atom stereocenters. The van der Waals surface area contributed by atoms with Crippen LogP contribution in [0.3, 0.4) is 0 Å². The number of carbonyl (C=O) groups is 2. The predicted molar refractivity (Wildman–Crippen MR) is 177 cm³/mol. The standard InChI is InChI=1S/C29H37N17O3/c1-6-8-10-18-22(37-39-27-16(26(32)47)13-35-43(27)3)24(30)45(41-18)20-12-21(34-15-33-20)46-25(31)23(19(42-46)11-9-7-2)38-40-28-17(29(48)49-5)14-36-44(28)4/h12-15H,6-11,30-31H2,1-5H3,(H2,32,47)/b39-37+,40-38+.